The predicted molar refractivity (Wildman–Crippen MR) is 95.0 cm³/mol. The molecule has 9 heteroatoms. The first-order valence-electron chi connectivity index (χ1n) is 8.75. The second-order valence-electron chi connectivity index (χ2n) is 8.23. The van der Waals surface area contributed by atoms with Crippen LogP contribution in [-0.4, -0.2) is 40.0 Å². The van der Waals surface area contributed by atoms with Crippen LogP contribution in [0.3, 0.4) is 0 Å². The third-order valence-electron chi connectivity index (χ3n) is 5.07. The molecule has 1 atom stereocenters. The standard InChI is InChI=1S/C19H23F3N4O2/c1-17(2)11-18(3,9-12(10-23)15(17)27)6-7-25(4)16(28)13-8-14(19(20,21)22)24-26(13)5/h8-9H,6-7,11H2,1-5H3/t18-/m1/s1. The van der Waals surface area contributed by atoms with Gasteiger partial charge >= 0.3 is 6.18 Å². The minimum Gasteiger partial charge on any atom is -0.340 e. The van der Waals surface area contributed by atoms with Gasteiger partial charge in [-0.25, -0.2) is 0 Å². The molecule has 28 heavy (non-hydrogen) atoms. The first-order valence-corrected chi connectivity index (χ1v) is 8.75. The molecule has 0 saturated heterocycles. The van der Waals surface area contributed by atoms with Crippen molar-refractivity contribution in [1.82, 2.24) is 14.7 Å². The van der Waals surface area contributed by atoms with E-state index in [2.05, 4.69) is 5.10 Å². The van der Waals surface area contributed by atoms with Gasteiger partial charge < -0.3 is 4.90 Å². The van der Waals surface area contributed by atoms with Crippen LogP contribution >= 0.6 is 0 Å². The summed E-state index contributed by atoms with van der Waals surface area (Å²) >= 11 is 0. The molecule has 1 aliphatic rings. The van der Waals surface area contributed by atoms with Crippen LogP contribution in [0.5, 0.6) is 0 Å². The summed E-state index contributed by atoms with van der Waals surface area (Å²) in [5.74, 6) is -0.781. The Kier molecular flexibility index (Phi) is 5.48. The summed E-state index contributed by atoms with van der Waals surface area (Å²) in [4.78, 5) is 26.1. The molecule has 0 radical (unpaired) electrons. The second-order valence-corrected chi connectivity index (χ2v) is 8.23. The van der Waals surface area contributed by atoms with E-state index in [0.29, 0.717) is 12.8 Å². The average molecular weight is 396 g/mol. The van der Waals surface area contributed by atoms with Crippen LogP contribution < -0.4 is 0 Å². The zero-order chi connectivity index (χ0) is 21.5. The van der Waals surface area contributed by atoms with Gasteiger partial charge in [-0.2, -0.15) is 23.5 Å². The number of ketones is 1. The molecule has 6 nitrogen and oxygen atoms in total. The number of amides is 1. The van der Waals surface area contributed by atoms with Crippen LogP contribution in [0.25, 0.3) is 0 Å². The summed E-state index contributed by atoms with van der Waals surface area (Å²) in [6.45, 7) is 5.71. The van der Waals surface area contributed by atoms with Gasteiger partial charge in [-0.15, -0.1) is 0 Å². The lowest BCUT2D eigenvalue weighted by Gasteiger charge is -2.39. The fourth-order valence-corrected chi connectivity index (χ4v) is 3.69. The van der Waals surface area contributed by atoms with Crippen LogP contribution in [0.1, 0.15) is 49.8 Å². The number of allylic oxidation sites excluding steroid dienone is 2. The van der Waals surface area contributed by atoms with E-state index in [9.17, 15) is 28.0 Å². The smallest absolute Gasteiger partial charge is 0.340 e. The zero-order valence-electron chi connectivity index (χ0n) is 16.5. The lowest BCUT2D eigenvalue weighted by atomic mass is 9.64. The van der Waals surface area contributed by atoms with Crippen LogP contribution in [0.2, 0.25) is 0 Å². The van der Waals surface area contributed by atoms with Crippen molar-refractivity contribution in [3.05, 3.63) is 29.1 Å². The second kappa shape index (κ2) is 7.08. The molecule has 152 valence electrons. The van der Waals surface area contributed by atoms with E-state index in [4.69, 9.17) is 0 Å². The maximum Gasteiger partial charge on any atom is 0.435 e. The van der Waals surface area contributed by atoms with Gasteiger partial charge in [0.1, 0.15) is 11.8 Å². The van der Waals surface area contributed by atoms with E-state index in [1.54, 1.807) is 19.9 Å². The monoisotopic (exact) mass is 396 g/mol. The number of aryl methyl sites for hydroxylation is 1. The van der Waals surface area contributed by atoms with Gasteiger partial charge in [-0.3, -0.25) is 14.3 Å². The van der Waals surface area contributed by atoms with Gasteiger partial charge in [0.2, 0.25) is 0 Å². The molecule has 0 spiro atoms. The van der Waals surface area contributed by atoms with Gasteiger partial charge in [-0.05, 0) is 18.3 Å². The molecule has 0 unspecified atom stereocenters. The Morgan fingerprint density at radius 2 is 2.00 bits per heavy atom. The normalized spacial score (nSPS) is 21.8. The van der Waals surface area contributed by atoms with E-state index in [0.717, 1.165) is 10.7 Å². The number of Topliss-reactive ketones (excluding diaryl/α,β-unsaturated/α-hetero) is 1. The average Bonchev–Trinajstić information content (AvgIpc) is 2.97. The molecule has 1 aliphatic carbocycles. The van der Waals surface area contributed by atoms with E-state index in [1.165, 1.54) is 19.0 Å². The number of rotatable bonds is 4. The van der Waals surface area contributed by atoms with Crippen molar-refractivity contribution in [2.75, 3.05) is 13.6 Å². The van der Waals surface area contributed by atoms with Crippen LogP contribution in [0, 0.1) is 22.2 Å². The van der Waals surface area contributed by atoms with Crippen molar-refractivity contribution in [2.24, 2.45) is 17.9 Å². The van der Waals surface area contributed by atoms with Crippen molar-refractivity contribution in [1.29, 1.82) is 5.26 Å². The van der Waals surface area contributed by atoms with Crippen molar-refractivity contribution in [2.45, 2.75) is 39.8 Å². The summed E-state index contributed by atoms with van der Waals surface area (Å²) in [5.41, 5.74) is -2.35. The SMILES string of the molecule is CN(CC[C@]1(C)C=C(C#N)C(=O)C(C)(C)C1)C(=O)c1cc(C(F)(F)F)nn1C. The number of nitrogens with zero attached hydrogens (tertiary/aromatic N) is 4. The fourth-order valence-electron chi connectivity index (χ4n) is 3.69. The fraction of sp³-hybridized carbons (Fsp3) is 0.579. The molecule has 1 aromatic heterocycles. The molecule has 1 aromatic rings. The molecular weight excluding hydrogens is 373 g/mol. The summed E-state index contributed by atoms with van der Waals surface area (Å²) in [6.07, 6.45) is -2.01. The number of hydrogen-bond donors (Lipinski definition) is 0. The largest absolute Gasteiger partial charge is 0.435 e. The van der Waals surface area contributed by atoms with E-state index < -0.39 is 28.6 Å². The molecule has 0 aromatic carbocycles. The highest BCUT2D eigenvalue weighted by Gasteiger charge is 2.42. The number of alkyl halides is 3. The predicted octanol–water partition coefficient (Wildman–Crippen LogP) is 3.36. The zero-order valence-corrected chi connectivity index (χ0v) is 16.5. The highest BCUT2D eigenvalue weighted by atomic mass is 19.4. The van der Waals surface area contributed by atoms with Gasteiger partial charge in [-0.1, -0.05) is 26.8 Å². The number of halogens is 3. The Balaban J connectivity index is 2.16. The highest BCUT2D eigenvalue weighted by molar-refractivity contribution is 6.03. The van der Waals surface area contributed by atoms with Gasteiger partial charge in [0.05, 0.1) is 5.57 Å². The van der Waals surface area contributed by atoms with Crippen molar-refractivity contribution in [3.8, 4) is 6.07 Å². The number of carbonyl (C=O) groups excluding carboxylic acids is 2. The van der Waals surface area contributed by atoms with E-state index in [1.807, 2.05) is 13.0 Å². The van der Waals surface area contributed by atoms with Gasteiger partial charge in [0, 0.05) is 32.1 Å². The third kappa shape index (κ3) is 4.26. The quantitative estimate of drug-likeness (QED) is 0.782. The number of carbonyl (C=O) groups is 2. The molecule has 0 fully saturated rings. The van der Waals surface area contributed by atoms with E-state index in [-0.39, 0.29) is 23.6 Å². The molecule has 0 bridgehead atoms. The van der Waals surface area contributed by atoms with Gasteiger partial charge in [0.15, 0.2) is 11.5 Å². The Labute approximate surface area is 161 Å². The van der Waals surface area contributed by atoms with Crippen LogP contribution in [0.15, 0.2) is 17.7 Å². The lowest BCUT2D eigenvalue weighted by molar-refractivity contribution is -0.141. The Bertz CT molecular complexity index is 877. The summed E-state index contributed by atoms with van der Waals surface area (Å²) in [5, 5.41) is 12.6. The minimum atomic E-state index is -4.62. The van der Waals surface area contributed by atoms with Crippen molar-refractivity contribution < 1.29 is 22.8 Å². The van der Waals surface area contributed by atoms with Crippen LogP contribution in [0.4, 0.5) is 13.2 Å². The molecule has 1 amide bonds. The maximum atomic E-state index is 12.8. The first kappa shape index (κ1) is 21.7. The molecule has 2 rings (SSSR count). The highest BCUT2D eigenvalue weighted by Crippen LogP contribution is 2.44. The van der Waals surface area contributed by atoms with Crippen molar-refractivity contribution in [3.63, 3.8) is 0 Å². The van der Waals surface area contributed by atoms with Crippen LogP contribution in [-0.2, 0) is 18.0 Å². The molecular formula is C19H23F3N4O2. The minimum absolute atomic E-state index is 0.106. The lowest BCUT2D eigenvalue weighted by Crippen LogP contribution is -2.39. The summed E-state index contributed by atoms with van der Waals surface area (Å²) < 4.78 is 39.3. The molecule has 0 N–H and O–H groups in total. The molecule has 1 heterocycles. The van der Waals surface area contributed by atoms with E-state index >= 15 is 0 Å². The Hall–Kier alpha value is -2.63. The topological polar surface area (TPSA) is 79.0 Å². The summed E-state index contributed by atoms with van der Waals surface area (Å²) in [7, 11) is 2.79. The first-order chi connectivity index (χ1) is 12.7. The molecule has 0 saturated carbocycles. The summed E-state index contributed by atoms with van der Waals surface area (Å²) in [6, 6.07) is 2.67. The number of nitriles is 1. The number of hydrogen-bond acceptors (Lipinski definition) is 4. The van der Waals surface area contributed by atoms with Crippen molar-refractivity contribution >= 4 is 11.7 Å². The Morgan fingerprint density at radius 3 is 2.50 bits per heavy atom. The third-order valence-corrected chi connectivity index (χ3v) is 5.07. The Morgan fingerprint density at radius 1 is 1.39 bits per heavy atom. The van der Waals surface area contributed by atoms with Gasteiger partial charge in [0.25, 0.3) is 5.91 Å². The maximum absolute atomic E-state index is 12.8. The number of aromatic nitrogens is 2. The molecule has 0 aliphatic heterocycles.